The van der Waals surface area contributed by atoms with Gasteiger partial charge in [0.2, 0.25) is 0 Å². The molecule has 1 heterocycles. The fourth-order valence-electron chi connectivity index (χ4n) is 4.12. The van der Waals surface area contributed by atoms with Crippen molar-refractivity contribution < 1.29 is 24.2 Å². The zero-order valence-corrected chi connectivity index (χ0v) is 20.4. The lowest BCUT2D eigenvalue weighted by Crippen LogP contribution is -2.38. The first-order valence-corrected chi connectivity index (χ1v) is 11.8. The molecule has 0 spiro atoms. The van der Waals surface area contributed by atoms with E-state index in [-0.39, 0.29) is 11.3 Å². The van der Waals surface area contributed by atoms with E-state index in [1.165, 1.54) is 0 Å². The topological polar surface area (TPSA) is 79.3 Å². The number of carbonyl (C=O) groups is 2. The van der Waals surface area contributed by atoms with Crippen molar-refractivity contribution in [1.82, 2.24) is 9.80 Å². The van der Waals surface area contributed by atoms with Gasteiger partial charge in [-0.15, -0.1) is 0 Å². The molecule has 1 saturated heterocycles. The first kappa shape index (κ1) is 25.3. The molecule has 0 aromatic heterocycles. The number of ketones is 1. The van der Waals surface area contributed by atoms with Crippen LogP contribution in [0, 0.1) is 0 Å². The predicted octanol–water partition coefficient (Wildman–Crippen LogP) is 4.25. The number of Topliss-reactive ketones (excluding diaryl/α,β-unsaturated/α-hetero) is 1. The SMILES string of the molecule is CCCOc1ccc([C@@H]2/C(=C(\O)c3ccc(OC)cc3)C(=O)C(=O)N2CCN(CC)CC)cc1. The van der Waals surface area contributed by atoms with Crippen LogP contribution in [0.2, 0.25) is 0 Å². The zero-order valence-electron chi connectivity index (χ0n) is 20.4. The molecule has 3 rings (SSSR count). The van der Waals surface area contributed by atoms with Gasteiger partial charge in [0.15, 0.2) is 0 Å². The van der Waals surface area contributed by atoms with Crippen molar-refractivity contribution in [3.8, 4) is 11.5 Å². The highest BCUT2D eigenvalue weighted by molar-refractivity contribution is 6.46. The van der Waals surface area contributed by atoms with E-state index in [1.807, 2.05) is 31.2 Å². The standard InChI is InChI=1S/C27H34N2O5/c1-5-18-34-22-14-8-19(9-15-22)24-23(25(30)20-10-12-21(33-4)13-11-20)26(31)27(32)29(24)17-16-28(6-2)7-3/h8-15,24,30H,5-7,16-18H2,1-4H3/b25-23+/t24-/m1/s1. The number of methoxy groups -OCH3 is 1. The van der Waals surface area contributed by atoms with Crippen molar-refractivity contribution in [3.63, 3.8) is 0 Å². The van der Waals surface area contributed by atoms with Crippen molar-refractivity contribution >= 4 is 17.4 Å². The Labute approximate surface area is 201 Å². The van der Waals surface area contributed by atoms with E-state index in [1.54, 1.807) is 36.3 Å². The van der Waals surface area contributed by atoms with Gasteiger partial charge in [-0.3, -0.25) is 9.59 Å². The van der Waals surface area contributed by atoms with Crippen LogP contribution in [0.1, 0.15) is 44.4 Å². The van der Waals surface area contributed by atoms with Gasteiger partial charge in [-0.25, -0.2) is 0 Å². The Morgan fingerprint density at radius 2 is 1.59 bits per heavy atom. The maximum atomic E-state index is 13.2. The molecule has 0 aliphatic carbocycles. The number of benzene rings is 2. The molecule has 0 bridgehead atoms. The number of likely N-dealkylation sites (N-methyl/N-ethyl adjacent to an activating group) is 1. The largest absolute Gasteiger partial charge is 0.507 e. The van der Waals surface area contributed by atoms with Crippen LogP contribution in [0.3, 0.4) is 0 Å². The number of ether oxygens (including phenoxy) is 2. The number of rotatable bonds is 11. The van der Waals surface area contributed by atoms with Crippen molar-refractivity contribution in [2.45, 2.75) is 33.2 Å². The predicted molar refractivity (Wildman–Crippen MR) is 132 cm³/mol. The number of hydrogen-bond donors (Lipinski definition) is 1. The molecule has 2 aromatic rings. The van der Waals surface area contributed by atoms with Crippen LogP contribution >= 0.6 is 0 Å². The molecule has 1 fully saturated rings. The summed E-state index contributed by atoms with van der Waals surface area (Å²) in [7, 11) is 1.56. The highest BCUT2D eigenvalue weighted by Gasteiger charge is 2.45. The minimum absolute atomic E-state index is 0.0944. The molecule has 182 valence electrons. The molecule has 34 heavy (non-hydrogen) atoms. The smallest absolute Gasteiger partial charge is 0.295 e. The minimum Gasteiger partial charge on any atom is -0.507 e. The number of aliphatic hydroxyl groups is 1. The van der Waals surface area contributed by atoms with Gasteiger partial charge in [-0.2, -0.15) is 0 Å². The van der Waals surface area contributed by atoms with Crippen LogP contribution in [0.15, 0.2) is 54.1 Å². The van der Waals surface area contributed by atoms with Crippen LogP contribution < -0.4 is 9.47 Å². The molecule has 0 radical (unpaired) electrons. The summed E-state index contributed by atoms with van der Waals surface area (Å²) < 4.78 is 10.9. The summed E-state index contributed by atoms with van der Waals surface area (Å²) in [6.07, 6.45) is 0.898. The Bertz CT molecular complexity index is 1010. The minimum atomic E-state index is -0.683. The summed E-state index contributed by atoms with van der Waals surface area (Å²) in [5.74, 6) is -0.110. The molecule has 0 saturated carbocycles. The van der Waals surface area contributed by atoms with Crippen LogP contribution in [0.5, 0.6) is 11.5 Å². The summed E-state index contributed by atoms with van der Waals surface area (Å²) in [5.41, 5.74) is 1.30. The van der Waals surface area contributed by atoms with Crippen molar-refractivity contribution in [2.24, 2.45) is 0 Å². The van der Waals surface area contributed by atoms with E-state index in [4.69, 9.17) is 9.47 Å². The number of carbonyl (C=O) groups excluding carboxylic acids is 2. The van der Waals surface area contributed by atoms with Crippen LogP contribution in [-0.4, -0.2) is 66.5 Å². The fraction of sp³-hybridized carbons (Fsp3) is 0.407. The van der Waals surface area contributed by atoms with Crippen LogP contribution in [-0.2, 0) is 9.59 Å². The first-order chi connectivity index (χ1) is 16.4. The summed E-state index contributed by atoms with van der Waals surface area (Å²) in [5, 5.41) is 11.2. The number of likely N-dealkylation sites (tertiary alicyclic amines) is 1. The highest BCUT2D eigenvalue weighted by Crippen LogP contribution is 2.39. The van der Waals surface area contributed by atoms with Gasteiger partial charge >= 0.3 is 0 Å². The summed E-state index contributed by atoms with van der Waals surface area (Å²) in [6.45, 7) is 9.49. The third-order valence-electron chi connectivity index (χ3n) is 6.12. The molecule has 7 heteroatoms. The normalized spacial score (nSPS) is 17.4. The van der Waals surface area contributed by atoms with Gasteiger partial charge < -0.3 is 24.4 Å². The monoisotopic (exact) mass is 466 g/mol. The van der Waals surface area contributed by atoms with Gasteiger partial charge in [0.25, 0.3) is 11.7 Å². The summed E-state index contributed by atoms with van der Waals surface area (Å²) >= 11 is 0. The van der Waals surface area contributed by atoms with Gasteiger partial charge in [0.1, 0.15) is 17.3 Å². The second-order valence-electron chi connectivity index (χ2n) is 8.17. The summed E-state index contributed by atoms with van der Waals surface area (Å²) in [4.78, 5) is 30.0. The average Bonchev–Trinajstić information content (AvgIpc) is 3.13. The van der Waals surface area contributed by atoms with E-state index in [0.29, 0.717) is 31.0 Å². The first-order valence-electron chi connectivity index (χ1n) is 11.8. The maximum Gasteiger partial charge on any atom is 0.295 e. The van der Waals surface area contributed by atoms with E-state index in [2.05, 4.69) is 18.7 Å². The van der Waals surface area contributed by atoms with Crippen LogP contribution in [0.4, 0.5) is 0 Å². The number of hydrogen-bond acceptors (Lipinski definition) is 6. The molecule has 7 nitrogen and oxygen atoms in total. The third kappa shape index (κ3) is 5.42. The second-order valence-corrected chi connectivity index (χ2v) is 8.17. The molecule has 1 aliphatic rings. The summed E-state index contributed by atoms with van der Waals surface area (Å²) in [6, 6.07) is 13.5. The van der Waals surface area contributed by atoms with Gasteiger partial charge in [-0.1, -0.05) is 32.9 Å². The van der Waals surface area contributed by atoms with Crippen LogP contribution in [0.25, 0.3) is 5.76 Å². The van der Waals surface area contributed by atoms with Gasteiger partial charge in [-0.05, 0) is 61.5 Å². The number of nitrogens with zero attached hydrogens (tertiary/aromatic N) is 2. The average molecular weight is 467 g/mol. The third-order valence-corrected chi connectivity index (χ3v) is 6.12. The van der Waals surface area contributed by atoms with E-state index in [9.17, 15) is 14.7 Å². The Balaban J connectivity index is 2.04. The molecule has 0 unspecified atom stereocenters. The molecule has 1 N–H and O–H groups in total. The maximum absolute atomic E-state index is 13.2. The Morgan fingerprint density at radius 1 is 0.971 bits per heavy atom. The molecule has 1 amide bonds. The van der Waals surface area contributed by atoms with E-state index >= 15 is 0 Å². The van der Waals surface area contributed by atoms with Crippen molar-refractivity contribution in [1.29, 1.82) is 0 Å². The Kier molecular flexibility index (Phi) is 8.71. The zero-order chi connectivity index (χ0) is 24.7. The molecular weight excluding hydrogens is 432 g/mol. The van der Waals surface area contributed by atoms with Crippen molar-refractivity contribution in [3.05, 3.63) is 65.2 Å². The molecule has 1 atom stereocenters. The van der Waals surface area contributed by atoms with E-state index < -0.39 is 17.7 Å². The van der Waals surface area contributed by atoms with Gasteiger partial charge in [0, 0.05) is 18.7 Å². The van der Waals surface area contributed by atoms with E-state index in [0.717, 1.165) is 30.8 Å². The fourth-order valence-corrected chi connectivity index (χ4v) is 4.12. The molecular formula is C27H34N2O5. The van der Waals surface area contributed by atoms with Crippen molar-refractivity contribution in [2.75, 3.05) is 39.9 Å². The lowest BCUT2D eigenvalue weighted by atomic mass is 9.95. The number of amides is 1. The van der Waals surface area contributed by atoms with Gasteiger partial charge in [0.05, 0.1) is 25.3 Å². The lowest BCUT2D eigenvalue weighted by Gasteiger charge is -2.28. The quantitative estimate of drug-likeness (QED) is 0.303. The Hall–Kier alpha value is -3.32. The highest BCUT2D eigenvalue weighted by atomic mass is 16.5. The Morgan fingerprint density at radius 3 is 2.15 bits per heavy atom. The molecule has 2 aromatic carbocycles. The molecule has 1 aliphatic heterocycles. The number of aliphatic hydroxyl groups excluding tert-OH is 1. The lowest BCUT2D eigenvalue weighted by molar-refractivity contribution is -0.140. The second kappa shape index (κ2) is 11.7.